The first-order valence-corrected chi connectivity index (χ1v) is 45.7. The first-order chi connectivity index (χ1) is 37.0. The normalized spacial score (nSPS) is 39.2. The van der Waals surface area contributed by atoms with E-state index in [0.717, 1.165) is 49.4 Å². The van der Waals surface area contributed by atoms with Crippen LogP contribution in [0.1, 0.15) is 235 Å². The number of allylic oxidation sites excluding steroid dienone is 2. The maximum Gasteiger partial charge on any atom is 0.192 e. The molecule has 0 radical (unpaired) electrons. The zero-order valence-electron chi connectivity index (χ0n) is 59.0. The summed E-state index contributed by atoms with van der Waals surface area (Å²) < 4.78 is 35.8. The third-order valence-corrected chi connectivity index (χ3v) is 45.7. The van der Waals surface area contributed by atoms with Crippen LogP contribution in [0.3, 0.4) is 0 Å². The van der Waals surface area contributed by atoms with E-state index in [0.29, 0.717) is 42.1 Å². The molecule has 6 saturated carbocycles. The Hall–Kier alpha value is 0.0675. The van der Waals surface area contributed by atoms with Gasteiger partial charge in [0.1, 0.15) is 0 Å². The molecule has 8 aliphatic carbocycles. The summed E-state index contributed by atoms with van der Waals surface area (Å²) in [6.07, 6.45) is 23.9. The van der Waals surface area contributed by atoms with Crippen molar-refractivity contribution < 1.29 is 32.7 Å². The average molecular weight is 1210 g/mol. The molecule has 0 bridgehead atoms. The topological polar surface area (TPSA) is 86.6 Å². The van der Waals surface area contributed by atoms with E-state index in [1.165, 1.54) is 64.2 Å². The highest BCUT2D eigenvalue weighted by Gasteiger charge is 2.65. The summed E-state index contributed by atoms with van der Waals surface area (Å²) in [4.78, 5) is 0. The lowest BCUT2D eigenvalue weighted by atomic mass is 9.46. The van der Waals surface area contributed by atoms with Gasteiger partial charge in [-0.15, -0.1) is 0 Å². The second-order valence-corrected chi connectivity index (χ2v) is 56.2. The van der Waals surface area contributed by atoms with Crippen molar-refractivity contribution in [1.29, 1.82) is 0 Å². The lowest BCUT2D eigenvalue weighted by Gasteiger charge is -2.62. The summed E-state index contributed by atoms with van der Waals surface area (Å²) >= 11 is 0. The Balaban J connectivity index is 0.000000239. The average Bonchev–Trinajstić information content (AvgIpc) is 3.89. The van der Waals surface area contributed by atoms with Gasteiger partial charge >= 0.3 is 0 Å². The molecule has 8 rings (SSSR count). The maximum absolute atomic E-state index is 10.7. The van der Waals surface area contributed by atoms with Crippen LogP contribution in [0.5, 0.6) is 0 Å². The van der Waals surface area contributed by atoms with Crippen molar-refractivity contribution in [3.8, 4) is 0 Å². The SMILES string of the molecule is C[C@@H](O)[C@H]1CCC2C3CC=C4C[C@@H](O[Si](C)(C)C(C)(C)C)C[C@H](O[Si](C)(C)C(C)(C)C)[C@]4(C)C3CC[C@@]21C.C[C@@H](OCCC(C)(C)O)[C@H]1CCC2C3CC=C4C[C@@H](O[Si](C)(C)C(C)(C)C)C[C@H](O[Si](C)(C)C(C)(C)C)[C@]4(C)C3CC[C@@]21C. The third kappa shape index (κ3) is 13.2. The summed E-state index contributed by atoms with van der Waals surface area (Å²) in [5.41, 5.74) is 3.42. The van der Waals surface area contributed by atoms with Gasteiger partial charge in [0.05, 0.1) is 42.2 Å². The molecule has 8 aliphatic rings. The van der Waals surface area contributed by atoms with Crippen LogP contribution in [0.25, 0.3) is 0 Å². The van der Waals surface area contributed by atoms with E-state index in [4.69, 9.17) is 22.4 Å². The molecule has 0 aromatic heterocycles. The van der Waals surface area contributed by atoms with Crippen LogP contribution < -0.4 is 0 Å². The molecule has 476 valence electrons. The number of hydrogen-bond acceptors (Lipinski definition) is 7. The number of hydrogen-bond donors (Lipinski definition) is 2. The van der Waals surface area contributed by atoms with Crippen molar-refractivity contribution in [2.24, 2.45) is 69.0 Å². The van der Waals surface area contributed by atoms with Crippen LogP contribution in [0.15, 0.2) is 23.3 Å². The van der Waals surface area contributed by atoms with Gasteiger partial charge < -0.3 is 32.7 Å². The summed E-state index contributed by atoms with van der Waals surface area (Å²) in [5.74, 6) is 5.32. The number of fused-ring (bicyclic) bond motifs is 10. The van der Waals surface area contributed by atoms with Gasteiger partial charge in [0.15, 0.2) is 33.3 Å². The third-order valence-electron chi connectivity index (χ3n) is 27.7. The number of aliphatic hydroxyl groups is 2. The highest BCUT2D eigenvalue weighted by Crippen LogP contribution is 2.70. The highest BCUT2D eigenvalue weighted by atomic mass is 28.4. The highest BCUT2D eigenvalue weighted by molar-refractivity contribution is 6.75. The van der Waals surface area contributed by atoms with Gasteiger partial charge in [-0.25, -0.2) is 0 Å². The minimum atomic E-state index is -2.00. The van der Waals surface area contributed by atoms with Gasteiger partial charge in [0, 0.05) is 17.4 Å². The van der Waals surface area contributed by atoms with Crippen LogP contribution >= 0.6 is 0 Å². The van der Waals surface area contributed by atoms with E-state index in [1.807, 2.05) is 20.8 Å². The standard InChI is InChI=1S/C38H72O4Si2.C33H62O3Si2/c1-26(40-23-22-36(8,9)39)30-18-19-31-29-17-16-27-24-28(41-43(12,13)34(2,3)4)25-33(42-44(14,15)35(5,6)7)38(27,11)32(29)20-21-37(30,31)10;1-22(34)26-16-17-27-25-15-14-23-20-24(35-37(10,11)30(2,3)4)21-29(36-38(12,13)31(5,6)7)33(23,9)28(25)18-19-32(26,27)8/h16,26,28-33,39H,17-25H2,1-15H3;14,22,24-29,34H,15-21H2,1-13H3/t26-,28-,29?,30-,31?,32?,33+,37-,38+;22-,24-,25?,26-,27?,28?,29+,32-,33+/m11/s1. The molecule has 82 heavy (non-hydrogen) atoms. The van der Waals surface area contributed by atoms with Gasteiger partial charge in [-0.2, -0.15) is 0 Å². The van der Waals surface area contributed by atoms with Crippen molar-refractivity contribution >= 4 is 33.3 Å². The predicted octanol–water partition coefficient (Wildman–Crippen LogP) is 19.9. The van der Waals surface area contributed by atoms with Gasteiger partial charge in [0.25, 0.3) is 0 Å². The van der Waals surface area contributed by atoms with Crippen molar-refractivity contribution in [2.45, 2.75) is 350 Å². The summed E-state index contributed by atoms with van der Waals surface area (Å²) in [6.45, 7) is 67.1. The van der Waals surface area contributed by atoms with Crippen LogP contribution in [-0.4, -0.2) is 92.3 Å². The molecule has 18 atom stereocenters. The monoisotopic (exact) mass is 1210 g/mol. The number of rotatable bonds is 14. The molecule has 0 saturated heterocycles. The fraction of sp³-hybridized carbons (Fsp3) is 0.944. The zero-order valence-corrected chi connectivity index (χ0v) is 63.0. The van der Waals surface area contributed by atoms with Crippen LogP contribution in [0.2, 0.25) is 72.5 Å². The second-order valence-electron chi connectivity index (χ2n) is 37.2. The van der Waals surface area contributed by atoms with Crippen LogP contribution in [0, 0.1) is 69.0 Å². The Labute approximate surface area is 511 Å². The van der Waals surface area contributed by atoms with Crippen molar-refractivity contribution in [3.05, 3.63) is 23.3 Å². The molecule has 2 N–H and O–H groups in total. The molecule has 0 aromatic rings. The first kappa shape index (κ1) is 69.5. The molecule has 0 aliphatic heterocycles. The van der Waals surface area contributed by atoms with Gasteiger partial charge in [0.2, 0.25) is 0 Å². The maximum atomic E-state index is 10.7. The Kier molecular flexibility index (Phi) is 19.8. The van der Waals surface area contributed by atoms with Gasteiger partial charge in [-0.05, 0) is 255 Å². The molecule has 11 heteroatoms. The van der Waals surface area contributed by atoms with E-state index in [-0.39, 0.29) is 73.0 Å². The largest absolute Gasteiger partial charge is 0.414 e. The molecule has 6 fully saturated rings. The molecule has 0 amide bonds. The van der Waals surface area contributed by atoms with E-state index in [1.54, 1.807) is 11.1 Å². The predicted molar refractivity (Wildman–Crippen MR) is 357 cm³/mol. The van der Waals surface area contributed by atoms with Gasteiger partial charge in [-0.1, -0.05) is 134 Å². The Morgan fingerprint density at radius 1 is 0.500 bits per heavy atom. The zero-order chi connectivity index (χ0) is 62.0. The molecular formula is C71H134O7Si4. The van der Waals surface area contributed by atoms with Crippen molar-refractivity contribution in [1.82, 2.24) is 0 Å². The Morgan fingerprint density at radius 2 is 0.841 bits per heavy atom. The fourth-order valence-electron chi connectivity index (χ4n) is 18.3. The molecule has 0 heterocycles. The smallest absolute Gasteiger partial charge is 0.192 e. The molecule has 0 aromatic carbocycles. The number of ether oxygens (including phenoxy) is 1. The van der Waals surface area contributed by atoms with Gasteiger partial charge in [-0.3, -0.25) is 0 Å². The van der Waals surface area contributed by atoms with E-state index in [2.05, 4.69) is 182 Å². The number of aliphatic hydroxyl groups excluding tert-OH is 1. The fourth-order valence-corrected chi connectivity index (χ4v) is 23.9. The second kappa shape index (κ2) is 23.4. The van der Waals surface area contributed by atoms with Crippen LogP contribution in [-0.2, 0) is 22.4 Å². The minimum absolute atomic E-state index is 0.0833. The summed E-state index contributed by atoms with van der Waals surface area (Å²) in [7, 11) is -7.74. The Morgan fingerprint density at radius 3 is 1.18 bits per heavy atom. The molecule has 7 nitrogen and oxygen atoms in total. The minimum Gasteiger partial charge on any atom is -0.414 e. The first-order valence-electron chi connectivity index (χ1n) is 34.1. The van der Waals surface area contributed by atoms with E-state index >= 15 is 0 Å². The lowest BCUT2D eigenvalue weighted by molar-refractivity contribution is -0.112. The van der Waals surface area contributed by atoms with E-state index in [9.17, 15) is 10.2 Å². The van der Waals surface area contributed by atoms with Crippen LogP contribution in [0.4, 0.5) is 0 Å². The van der Waals surface area contributed by atoms with E-state index < -0.39 is 38.9 Å². The summed E-state index contributed by atoms with van der Waals surface area (Å²) in [5, 5.41) is 21.7. The Bertz CT molecular complexity index is 2270. The molecule has 6 unspecified atom stereocenters. The molecular weight excluding hydrogens is 1080 g/mol. The molecule has 0 spiro atoms. The van der Waals surface area contributed by atoms with Crippen molar-refractivity contribution in [2.75, 3.05) is 6.61 Å². The summed E-state index contributed by atoms with van der Waals surface area (Å²) in [6, 6.07) is 0. The van der Waals surface area contributed by atoms with Crippen molar-refractivity contribution in [3.63, 3.8) is 0 Å². The quantitative estimate of drug-likeness (QED) is 0.132. The lowest BCUT2D eigenvalue weighted by Crippen LogP contribution is -2.60.